The molecule has 1 heterocycles. The number of hydrogen-bond acceptors (Lipinski definition) is 3. The first-order valence-corrected chi connectivity index (χ1v) is 6.10. The van der Waals surface area contributed by atoms with Gasteiger partial charge >= 0.3 is 0 Å². The summed E-state index contributed by atoms with van der Waals surface area (Å²) < 4.78 is 7.00. The Hall–Kier alpha value is -2.01. The van der Waals surface area contributed by atoms with Gasteiger partial charge in [-0.3, -0.25) is 10.1 Å². The third-order valence-corrected chi connectivity index (χ3v) is 3.16. The fraction of sp³-hybridized carbons (Fsp3) is 0.231. The van der Waals surface area contributed by atoms with Crippen LogP contribution >= 0.6 is 11.6 Å². The predicted octanol–water partition coefficient (Wildman–Crippen LogP) is 2.19. The van der Waals surface area contributed by atoms with Gasteiger partial charge in [-0.15, -0.1) is 0 Å². The van der Waals surface area contributed by atoms with Gasteiger partial charge in [0.25, 0.3) is 0 Å². The highest BCUT2D eigenvalue weighted by atomic mass is 35.5. The molecule has 19 heavy (non-hydrogen) atoms. The summed E-state index contributed by atoms with van der Waals surface area (Å²) in [7, 11) is 1.56. The van der Waals surface area contributed by atoms with E-state index < -0.39 is 0 Å². The molecule has 0 spiro atoms. The standard InChI is InChI=1S/C13H15ClN4O/c1-8-11(14)7-18(17-8)6-9-3-4-10(13(15)16)12(5-9)19-2/h3-5,7H,6H2,1-2H3,(H3,15,16). The minimum Gasteiger partial charge on any atom is -0.496 e. The molecule has 2 aromatic rings. The lowest BCUT2D eigenvalue weighted by Gasteiger charge is -2.09. The second-order valence-corrected chi connectivity index (χ2v) is 4.62. The molecule has 0 saturated heterocycles. The highest BCUT2D eigenvalue weighted by molar-refractivity contribution is 6.31. The zero-order chi connectivity index (χ0) is 14.0. The fourth-order valence-electron chi connectivity index (χ4n) is 1.82. The maximum atomic E-state index is 7.47. The van der Waals surface area contributed by atoms with Crippen molar-refractivity contribution in [3.63, 3.8) is 0 Å². The summed E-state index contributed by atoms with van der Waals surface area (Å²) in [4.78, 5) is 0. The number of nitrogens with one attached hydrogen (secondary N) is 1. The summed E-state index contributed by atoms with van der Waals surface area (Å²) in [6.45, 7) is 2.44. The summed E-state index contributed by atoms with van der Waals surface area (Å²) in [5.74, 6) is 0.571. The Labute approximate surface area is 116 Å². The number of benzene rings is 1. The van der Waals surface area contributed by atoms with E-state index in [0.29, 0.717) is 22.9 Å². The number of ether oxygens (including phenoxy) is 1. The first-order valence-electron chi connectivity index (χ1n) is 5.72. The average molecular weight is 279 g/mol. The van der Waals surface area contributed by atoms with Crippen molar-refractivity contribution in [2.75, 3.05) is 7.11 Å². The number of nitrogens with zero attached hydrogens (tertiary/aromatic N) is 2. The lowest BCUT2D eigenvalue weighted by Crippen LogP contribution is -2.13. The molecule has 3 N–H and O–H groups in total. The van der Waals surface area contributed by atoms with E-state index in [0.717, 1.165) is 11.3 Å². The number of halogens is 1. The third kappa shape index (κ3) is 2.88. The highest BCUT2D eigenvalue weighted by Crippen LogP contribution is 2.21. The van der Waals surface area contributed by atoms with Gasteiger partial charge in [-0.05, 0) is 24.6 Å². The van der Waals surface area contributed by atoms with E-state index in [1.165, 1.54) is 0 Å². The van der Waals surface area contributed by atoms with Crippen LogP contribution in [0.4, 0.5) is 0 Å². The number of rotatable bonds is 4. The SMILES string of the molecule is COc1cc(Cn2cc(Cl)c(C)n2)ccc1C(=N)N. The molecule has 0 radical (unpaired) electrons. The first-order chi connectivity index (χ1) is 9.01. The molecular weight excluding hydrogens is 264 g/mol. The molecule has 0 aliphatic carbocycles. The van der Waals surface area contributed by atoms with Crippen LogP contribution in [-0.4, -0.2) is 22.7 Å². The number of aryl methyl sites for hydroxylation is 1. The Morgan fingerprint density at radius 3 is 2.79 bits per heavy atom. The van der Waals surface area contributed by atoms with Gasteiger partial charge in [-0.25, -0.2) is 0 Å². The zero-order valence-corrected chi connectivity index (χ0v) is 11.5. The van der Waals surface area contributed by atoms with Gasteiger partial charge in [0.1, 0.15) is 11.6 Å². The van der Waals surface area contributed by atoms with Gasteiger partial charge < -0.3 is 10.5 Å². The number of methoxy groups -OCH3 is 1. The molecular formula is C13H15ClN4O. The Kier molecular flexibility index (Phi) is 3.76. The van der Waals surface area contributed by atoms with Crippen LogP contribution in [0.1, 0.15) is 16.8 Å². The molecule has 0 aliphatic rings. The van der Waals surface area contributed by atoms with Crippen LogP contribution in [0.15, 0.2) is 24.4 Å². The van der Waals surface area contributed by atoms with Gasteiger partial charge in [0.05, 0.1) is 29.9 Å². The van der Waals surface area contributed by atoms with Gasteiger partial charge in [0, 0.05) is 6.20 Å². The molecule has 0 saturated carbocycles. The molecule has 0 bridgehead atoms. The molecule has 0 atom stereocenters. The van der Waals surface area contributed by atoms with Gasteiger partial charge in [0.15, 0.2) is 0 Å². The van der Waals surface area contributed by atoms with E-state index in [4.69, 9.17) is 27.5 Å². The van der Waals surface area contributed by atoms with Crippen LogP contribution in [0, 0.1) is 12.3 Å². The fourth-order valence-corrected chi connectivity index (χ4v) is 1.97. The monoisotopic (exact) mass is 278 g/mol. The van der Waals surface area contributed by atoms with Crippen LogP contribution in [0.2, 0.25) is 5.02 Å². The molecule has 0 fully saturated rings. The number of nitrogen functional groups attached to an aromatic ring is 1. The summed E-state index contributed by atoms with van der Waals surface area (Å²) in [5, 5.41) is 12.4. The van der Waals surface area contributed by atoms with Gasteiger partial charge in [-0.2, -0.15) is 5.10 Å². The van der Waals surface area contributed by atoms with Crippen molar-refractivity contribution in [2.45, 2.75) is 13.5 Å². The summed E-state index contributed by atoms with van der Waals surface area (Å²) >= 11 is 5.97. The predicted molar refractivity (Wildman–Crippen MR) is 75.1 cm³/mol. The van der Waals surface area contributed by atoms with E-state index in [-0.39, 0.29) is 5.84 Å². The van der Waals surface area contributed by atoms with E-state index in [2.05, 4.69) is 5.10 Å². The van der Waals surface area contributed by atoms with Crippen molar-refractivity contribution in [1.82, 2.24) is 9.78 Å². The molecule has 100 valence electrons. The summed E-state index contributed by atoms with van der Waals surface area (Å²) in [6, 6.07) is 5.51. The van der Waals surface area contributed by atoms with Gasteiger partial charge in [0.2, 0.25) is 0 Å². The smallest absolute Gasteiger partial charge is 0.130 e. The largest absolute Gasteiger partial charge is 0.496 e. The minimum absolute atomic E-state index is 0.0126. The third-order valence-electron chi connectivity index (χ3n) is 2.79. The molecule has 2 rings (SSSR count). The maximum absolute atomic E-state index is 7.47. The number of hydrogen-bond donors (Lipinski definition) is 2. The normalized spacial score (nSPS) is 10.5. The Morgan fingerprint density at radius 1 is 1.53 bits per heavy atom. The highest BCUT2D eigenvalue weighted by Gasteiger charge is 2.08. The molecule has 6 heteroatoms. The molecule has 0 unspecified atom stereocenters. The molecule has 1 aromatic heterocycles. The van der Waals surface area contributed by atoms with Crippen molar-refractivity contribution in [2.24, 2.45) is 5.73 Å². The van der Waals surface area contributed by atoms with E-state index in [1.54, 1.807) is 24.1 Å². The zero-order valence-electron chi connectivity index (χ0n) is 10.8. The molecule has 5 nitrogen and oxygen atoms in total. The van der Waals surface area contributed by atoms with E-state index in [9.17, 15) is 0 Å². The number of aromatic nitrogens is 2. The molecule has 1 aromatic carbocycles. The first kappa shape index (κ1) is 13.4. The maximum Gasteiger partial charge on any atom is 0.130 e. The molecule has 0 amide bonds. The Morgan fingerprint density at radius 2 is 2.26 bits per heavy atom. The lowest BCUT2D eigenvalue weighted by molar-refractivity contribution is 0.413. The lowest BCUT2D eigenvalue weighted by atomic mass is 10.1. The van der Waals surface area contributed by atoms with Gasteiger partial charge in [-0.1, -0.05) is 17.7 Å². The number of nitrogens with two attached hydrogens (primary N) is 1. The van der Waals surface area contributed by atoms with Crippen LogP contribution in [0.25, 0.3) is 0 Å². The average Bonchev–Trinajstić information content (AvgIpc) is 2.67. The van der Waals surface area contributed by atoms with Crippen molar-refractivity contribution in [3.8, 4) is 5.75 Å². The van der Waals surface area contributed by atoms with Crippen molar-refractivity contribution in [1.29, 1.82) is 5.41 Å². The minimum atomic E-state index is -0.0126. The van der Waals surface area contributed by atoms with Crippen molar-refractivity contribution in [3.05, 3.63) is 46.2 Å². The van der Waals surface area contributed by atoms with Crippen LogP contribution in [-0.2, 0) is 6.54 Å². The van der Waals surface area contributed by atoms with E-state index >= 15 is 0 Å². The van der Waals surface area contributed by atoms with Crippen LogP contribution < -0.4 is 10.5 Å². The topological polar surface area (TPSA) is 76.9 Å². The number of amidine groups is 1. The summed E-state index contributed by atoms with van der Waals surface area (Å²) in [5.41, 5.74) is 7.87. The van der Waals surface area contributed by atoms with Crippen LogP contribution in [0.3, 0.4) is 0 Å². The quantitative estimate of drug-likeness (QED) is 0.665. The molecule has 0 aliphatic heterocycles. The second kappa shape index (κ2) is 5.32. The van der Waals surface area contributed by atoms with Crippen molar-refractivity contribution >= 4 is 17.4 Å². The van der Waals surface area contributed by atoms with Crippen molar-refractivity contribution < 1.29 is 4.74 Å². The Balaban J connectivity index is 2.28. The van der Waals surface area contributed by atoms with Crippen LogP contribution in [0.5, 0.6) is 5.75 Å². The Bertz CT molecular complexity index is 602. The second-order valence-electron chi connectivity index (χ2n) is 4.21. The summed E-state index contributed by atoms with van der Waals surface area (Å²) in [6.07, 6.45) is 1.78. The van der Waals surface area contributed by atoms with E-state index in [1.807, 2.05) is 19.1 Å².